The predicted octanol–water partition coefficient (Wildman–Crippen LogP) is 1.18. The first-order valence-corrected chi connectivity index (χ1v) is 7.11. The van der Waals surface area contributed by atoms with Crippen molar-refractivity contribution in [1.82, 2.24) is 15.1 Å². The van der Waals surface area contributed by atoms with Crippen molar-refractivity contribution in [1.29, 1.82) is 0 Å². The van der Waals surface area contributed by atoms with Crippen LogP contribution in [-0.4, -0.2) is 41.3 Å². The zero-order valence-electron chi connectivity index (χ0n) is 10.4. The van der Waals surface area contributed by atoms with E-state index in [4.69, 9.17) is 0 Å². The first-order valence-electron chi connectivity index (χ1n) is 5.72. The number of amides is 1. The summed E-state index contributed by atoms with van der Waals surface area (Å²) in [4.78, 5) is 11.1. The molecule has 0 aliphatic carbocycles. The molecule has 1 rings (SSSR count). The SMILES string of the molecule is CNC(=O)Cn1cc(NCCCCSC)cn1. The number of rotatable bonds is 8. The number of carbonyl (C=O) groups excluding carboxylic acids is 1. The van der Waals surface area contributed by atoms with Gasteiger partial charge in [-0.25, -0.2) is 0 Å². The second kappa shape index (κ2) is 8.00. The summed E-state index contributed by atoms with van der Waals surface area (Å²) in [5, 5.41) is 9.97. The van der Waals surface area contributed by atoms with Gasteiger partial charge in [0.15, 0.2) is 0 Å². The Bertz CT molecular complexity index is 340. The van der Waals surface area contributed by atoms with E-state index < -0.39 is 0 Å². The number of hydrogen-bond donors (Lipinski definition) is 2. The molecular formula is C11H20N4OS. The number of likely N-dealkylation sites (N-methyl/N-ethyl adjacent to an activating group) is 1. The molecule has 17 heavy (non-hydrogen) atoms. The number of unbranched alkanes of at least 4 members (excludes halogenated alkanes) is 1. The Morgan fingerprint density at radius 3 is 3.06 bits per heavy atom. The minimum Gasteiger partial charge on any atom is -0.383 e. The smallest absolute Gasteiger partial charge is 0.241 e. The Hall–Kier alpha value is -1.17. The number of nitrogens with one attached hydrogen (secondary N) is 2. The van der Waals surface area contributed by atoms with Crippen LogP contribution < -0.4 is 10.6 Å². The van der Waals surface area contributed by atoms with Gasteiger partial charge in [-0.1, -0.05) is 0 Å². The Balaban J connectivity index is 2.23. The first kappa shape index (κ1) is 13.9. The Morgan fingerprint density at radius 2 is 2.35 bits per heavy atom. The van der Waals surface area contributed by atoms with Gasteiger partial charge in [-0.15, -0.1) is 0 Å². The highest BCUT2D eigenvalue weighted by molar-refractivity contribution is 7.98. The number of thioether (sulfide) groups is 1. The Morgan fingerprint density at radius 1 is 1.53 bits per heavy atom. The van der Waals surface area contributed by atoms with E-state index in [9.17, 15) is 4.79 Å². The molecule has 0 saturated carbocycles. The number of aromatic nitrogens is 2. The van der Waals surface area contributed by atoms with Crippen LogP contribution in [0.25, 0.3) is 0 Å². The van der Waals surface area contributed by atoms with Crippen molar-refractivity contribution in [3.05, 3.63) is 12.4 Å². The maximum absolute atomic E-state index is 11.1. The minimum absolute atomic E-state index is 0.0420. The van der Waals surface area contributed by atoms with Gasteiger partial charge in [0.05, 0.1) is 11.9 Å². The highest BCUT2D eigenvalue weighted by Crippen LogP contribution is 2.06. The highest BCUT2D eigenvalue weighted by atomic mass is 32.2. The third-order valence-corrected chi connectivity index (χ3v) is 3.02. The third kappa shape index (κ3) is 5.63. The van der Waals surface area contributed by atoms with Gasteiger partial charge in [0.25, 0.3) is 0 Å². The van der Waals surface area contributed by atoms with Gasteiger partial charge in [-0.3, -0.25) is 9.48 Å². The molecule has 1 amide bonds. The van der Waals surface area contributed by atoms with E-state index in [1.807, 2.05) is 18.0 Å². The molecule has 1 aromatic heterocycles. The Kier molecular flexibility index (Phi) is 6.54. The summed E-state index contributed by atoms with van der Waals surface area (Å²) in [6.45, 7) is 1.22. The first-order chi connectivity index (χ1) is 8.26. The van der Waals surface area contributed by atoms with E-state index in [2.05, 4.69) is 22.0 Å². The van der Waals surface area contributed by atoms with Gasteiger partial charge < -0.3 is 10.6 Å². The molecule has 0 unspecified atom stereocenters. The molecule has 96 valence electrons. The second-order valence-corrected chi connectivity index (χ2v) is 4.71. The number of anilines is 1. The van der Waals surface area contributed by atoms with Crippen LogP contribution in [0, 0.1) is 0 Å². The van der Waals surface area contributed by atoms with Gasteiger partial charge in [0.2, 0.25) is 5.91 Å². The minimum atomic E-state index is -0.0420. The Labute approximate surface area is 106 Å². The molecule has 0 aliphatic heterocycles. The van der Waals surface area contributed by atoms with Crippen molar-refractivity contribution in [2.45, 2.75) is 19.4 Å². The monoisotopic (exact) mass is 256 g/mol. The van der Waals surface area contributed by atoms with E-state index in [0.717, 1.165) is 18.7 Å². The summed E-state index contributed by atoms with van der Waals surface area (Å²) in [6.07, 6.45) is 8.10. The standard InChI is InChI=1S/C11H20N4OS/c1-12-11(16)9-15-8-10(7-14-15)13-5-3-4-6-17-2/h7-8,13H,3-6,9H2,1-2H3,(H,12,16). The van der Waals surface area contributed by atoms with Crippen LogP contribution in [0.2, 0.25) is 0 Å². The normalized spacial score (nSPS) is 10.2. The van der Waals surface area contributed by atoms with E-state index in [-0.39, 0.29) is 12.5 Å². The summed E-state index contributed by atoms with van der Waals surface area (Å²) in [5.74, 6) is 1.16. The largest absolute Gasteiger partial charge is 0.383 e. The molecule has 6 heteroatoms. The quantitative estimate of drug-likeness (QED) is 0.686. The van der Waals surface area contributed by atoms with Crippen molar-refractivity contribution >= 4 is 23.4 Å². The van der Waals surface area contributed by atoms with Crippen LogP contribution in [0.3, 0.4) is 0 Å². The molecule has 1 aromatic rings. The molecule has 0 fully saturated rings. The summed E-state index contributed by atoms with van der Waals surface area (Å²) in [7, 11) is 1.62. The lowest BCUT2D eigenvalue weighted by Crippen LogP contribution is -2.23. The third-order valence-electron chi connectivity index (χ3n) is 2.32. The van der Waals surface area contributed by atoms with Crippen LogP contribution >= 0.6 is 11.8 Å². The molecule has 0 aliphatic rings. The van der Waals surface area contributed by atoms with Crippen LogP contribution in [0.5, 0.6) is 0 Å². The van der Waals surface area contributed by atoms with Crippen molar-refractivity contribution < 1.29 is 4.79 Å². The fraction of sp³-hybridized carbons (Fsp3) is 0.636. The lowest BCUT2D eigenvalue weighted by Gasteiger charge is -2.02. The predicted molar refractivity (Wildman–Crippen MR) is 72.4 cm³/mol. The molecule has 2 N–H and O–H groups in total. The van der Waals surface area contributed by atoms with Gasteiger partial charge >= 0.3 is 0 Å². The fourth-order valence-corrected chi connectivity index (χ4v) is 1.86. The number of hydrogen-bond acceptors (Lipinski definition) is 4. The summed E-state index contributed by atoms with van der Waals surface area (Å²) < 4.78 is 1.63. The topological polar surface area (TPSA) is 59.0 Å². The van der Waals surface area contributed by atoms with Crippen molar-refractivity contribution in [2.75, 3.05) is 30.9 Å². The van der Waals surface area contributed by atoms with E-state index in [1.54, 1.807) is 17.9 Å². The van der Waals surface area contributed by atoms with E-state index >= 15 is 0 Å². The molecule has 0 bridgehead atoms. The maximum atomic E-state index is 11.1. The molecule has 0 atom stereocenters. The van der Waals surface area contributed by atoms with Gasteiger partial charge in [-0.05, 0) is 24.9 Å². The van der Waals surface area contributed by atoms with Gasteiger partial charge in [-0.2, -0.15) is 16.9 Å². The van der Waals surface area contributed by atoms with Crippen LogP contribution in [0.15, 0.2) is 12.4 Å². The summed E-state index contributed by atoms with van der Waals surface area (Å²) >= 11 is 1.87. The highest BCUT2D eigenvalue weighted by Gasteiger charge is 2.02. The molecule has 0 spiro atoms. The molecule has 1 heterocycles. The molecular weight excluding hydrogens is 236 g/mol. The van der Waals surface area contributed by atoms with Crippen LogP contribution in [0.4, 0.5) is 5.69 Å². The molecule has 0 radical (unpaired) electrons. The average molecular weight is 256 g/mol. The summed E-state index contributed by atoms with van der Waals surface area (Å²) in [6, 6.07) is 0. The molecule has 0 saturated heterocycles. The van der Waals surface area contributed by atoms with Crippen molar-refractivity contribution in [3.8, 4) is 0 Å². The van der Waals surface area contributed by atoms with Crippen molar-refractivity contribution in [2.24, 2.45) is 0 Å². The molecule has 0 aromatic carbocycles. The average Bonchev–Trinajstić information content (AvgIpc) is 2.76. The van der Waals surface area contributed by atoms with Crippen LogP contribution in [0.1, 0.15) is 12.8 Å². The lowest BCUT2D eigenvalue weighted by atomic mass is 10.3. The number of carbonyl (C=O) groups is 1. The zero-order valence-corrected chi connectivity index (χ0v) is 11.2. The number of nitrogens with zero attached hydrogens (tertiary/aromatic N) is 2. The van der Waals surface area contributed by atoms with Gasteiger partial charge in [0.1, 0.15) is 6.54 Å². The zero-order chi connectivity index (χ0) is 12.5. The lowest BCUT2D eigenvalue weighted by molar-refractivity contribution is -0.121. The molecule has 5 nitrogen and oxygen atoms in total. The van der Waals surface area contributed by atoms with Crippen molar-refractivity contribution in [3.63, 3.8) is 0 Å². The fourth-order valence-electron chi connectivity index (χ4n) is 1.37. The summed E-state index contributed by atoms with van der Waals surface area (Å²) in [5.41, 5.74) is 0.970. The van der Waals surface area contributed by atoms with Gasteiger partial charge in [0, 0.05) is 19.8 Å². The van der Waals surface area contributed by atoms with E-state index in [1.165, 1.54) is 12.2 Å². The maximum Gasteiger partial charge on any atom is 0.241 e. The van der Waals surface area contributed by atoms with Crippen LogP contribution in [-0.2, 0) is 11.3 Å². The second-order valence-electron chi connectivity index (χ2n) is 3.73. The van der Waals surface area contributed by atoms with E-state index in [0.29, 0.717) is 0 Å².